The zero-order valence-corrected chi connectivity index (χ0v) is 13.4. The number of amides is 1. The predicted octanol–water partition coefficient (Wildman–Crippen LogP) is 0.439. The number of carbonyl (C=O) groups is 3. The van der Waals surface area contributed by atoms with Gasteiger partial charge in [-0.25, -0.2) is 4.79 Å². The van der Waals surface area contributed by atoms with E-state index in [1.807, 2.05) is 12.1 Å². The molecule has 1 saturated heterocycles. The normalized spacial score (nSPS) is 18.8. The lowest BCUT2D eigenvalue weighted by Gasteiger charge is -2.34. The van der Waals surface area contributed by atoms with E-state index in [0.717, 1.165) is 12.5 Å². The van der Waals surface area contributed by atoms with Gasteiger partial charge in [0.1, 0.15) is 5.75 Å². The average molecular weight is 337 g/mol. The number of methoxy groups -OCH3 is 1. The van der Waals surface area contributed by atoms with E-state index in [1.54, 1.807) is 19.2 Å². The van der Waals surface area contributed by atoms with E-state index < -0.39 is 30.1 Å². The van der Waals surface area contributed by atoms with Crippen molar-refractivity contribution in [3.05, 3.63) is 29.8 Å². The van der Waals surface area contributed by atoms with Crippen LogP contribution in [-0.4, -0.2) is 60.3 Å². The molecular formula is C16H19NO7. The number of benzene rings is 1. The summed E-state index contributed by atoms with van der Waals surface area (Å²) in [4.78, 5) is 36.3. The fourth-order valence-corrected chi connectivity index (χ4v) is 2.40. The van der Waals surface area contributed by atoms with Gasteiger partial charge in [-0.2, -0.15) is 0 Å². The second-order valence-corrected chi connectivity index (χ2v) is 5.27. The third-order valence-corrected chi connectivity index (χ3v) is 3.56. The van der Waals surface area contributed by atoms with Gasteiger partial charge in [0.2, 0.25) is 6.10 Å². The summed E-state index contributed by atoms with van der Waals surface area (Å²) in [5.41, 5.74) is 0.865. The Morgan fingerprint density at radius 3 is 2.58 bits per heavy atom. The Labute approximate surface area is 138 Å². The quantitative estimate of drug-likeness (QED) is 0.751. The maximum absolute atomic E-state index is 12.5. The van der Waals surface area contributed by atoms with E-state index >= 15 is 0 Å². The van der Waals surface area contributed by atoms with Gasteiger partial charge in [-0.1, -0.05) is 12.1 Å². The molecule has 0 aliphatic carbocycles. The first-order valence-corrected chi connectivity index (χ1v) is 7.35. The van der Waals surface area contributed by atoms with Crippen LogP contribution in [0.5, 0.6) is 5.75 Å². The van der Waals surface area contributed by atoms with Crippen LogP contribution < -0.4 is 4.74 Å². The molecule has 8 heteroatoms. The molecular weight excluding hydrogens is 318 g/mol. The van der Waals surface area contributed by atoms with Gasteiger partial charge in [-0.05, 0) is 17.7 Å². The first-order valence-electron chi connectivity index (χ1n) is 7.35. The molecule has 1 fully saturated rings. The SMILES string of the molecule is COc1ccc(CN2CCO[C@H]([C@@H](OC(C)=O)C(=O)O)C2=O)cc1. The van der Waals surface area contributed by atoms with Gasteiger partial charge in [0.15, 0.2) is 6.10 Å². The Balaban J connectivity index is 2.10. The molecule has 0 bridgehead atoms. The molecule has 1 heterocycles. The molecule has 8 nitrogen and oxygen atoms in total. The summed E-state index contributed by atoms with van der Waals surface area (Å²) in [6.07, 6.45) is -3.01. The number of hydrogen-bond acceptors (Lipinski definition) is 6. The van der Waals surface area contributed by atoms with Crippen molar-refractivity contribution in [2.75, 3.05) is 20.3 Å². The smallest absolute Gasteiger partial charge is 0.348 e. The number of carbonyl (C=O) groups excluding carboxylic acids is 2. The number of nitrogens with zero attached hydrogens (tertiary/aromatic N) is 1. The van der Waals surface area contributed by atoms with Crippen LogP contribution in [0.25, 0.3) is 0 Å². The van der Waals surface area contributed by atoms with Crippen molar-refractivity contribution in [2.45, 2.75) is 25.7 Å². The summed E-state index contributed by atoms with van der Waals surface area (Å²) < 4.78 is 15.1. The van der Waals surface area contributed by atoms with Crippen molar-refractivity contribution < 1.29 is 33.7 Å². The zero-order chi connectivity index (χ0) is 17.7. The Morgan fingerprint density at radius 1 is 1.38 bits per heavy atom. The Kier molecular flexibility index (Phi) is 5.75. The van der Waals surface area contributed by atoms with E-state index in [1.165, 1.54) is 4.90 Å². The molecule has 24 heavy (non-hydrogen) atoms. The number of carboxylic acid groups (broad SMARTS) is 1. The number of aliphatic carboxylic acids is 1. The largest absolute Gasteiger partial charge is 0.497 e. The van der Waals surface area contributed by atoms with Gasteiger partial charge < -0.3 is 24.2 Å². The van der Waals surface area contributed by atoms with Crippen LogP contribution >= 0.6 is 0 Å². The zero-order valence-electron chi connectivity index (χ0n) is 13.4. The topological polar surface area (TPSA) is 102 Å². The summed E-state index contributed by atoms with van der Waals surface area (Å²) >= 11 is 0. The summed E-state index contributed by atoms with van der Waals surface area (Å²) in [6.45, 7) is 1.87. The van der Waals surface area contributed by atoms with Gasteiger partial charge in [-0.15, -0.1) is 0 Å². The number of morpholine rings is 1. The number of rotatable bonds is 6. The maximum atomic E-state index is 12.5. The fraction of sp³-hybridized carbons (Fsp3) is 0.438. The van der Waals surface area contributed by atoms with Crippen LogP contribution in [0, 0.1) is 0 Å². The Morgan fingerprint density at radius 2 is 2.04 bits per heavy atom. The second kappa shape index (κ2) is 7.78. The number of carboxylic acids is 1. The number of hydrogen-bond donors (Lipinski definition) is 1. The molecule has 0 saturated carbocycles. The number of esters is 1. The minimum absolute atomic E-state index is 0.164. The molecule has 2 rings (SSSR count). The Bertz CT molecular complexity index is 613. The third kappa shape index (κ3) is 4.23. The first-order chi connectivity index (χ1) is 11.4. The van der Waals surface area contributed by atoms with E-state index in [2.05, 4.69) is 0 Å². The van der Waals surface area contributed by atoms with E-state index in [-0.39, 0.29) is 6.61 Å². The van der Waals surface area contributed by atoms with E-state index in [9.17, 15) is 19.5 Å². The van der Waals surface area contributed by atoms with Gasteiger partial charge in [0, 0.05) is 20.0 Å². The minimum Gasteiger partial charge on any atom is -0.497 e. The monoisotopic (exact) mass is 337 g/mol. The molecule has 1 aromatic carbocycles. The molecule has 1 amide bonds. The van der Waals surface area contributed by atoms with Crippen LogP contribution in [0.4, 0.5) is 0 Å². The van der Waals surface area contributed by atoms with Crippen molar-refractivity contribution in [1.29, 1.82) is 0 Å². The average Bonchev–Trinajstić information content (AvgIpc) is 2.55. The third-order valence-electron chi connectivity index (χ3n) is 3.56. The maximum Gasteiger partial charge on any atom is 0.348 e. The highest BCUT2D eigenvalue weighted by Crippen LogP contribution is 2.18. The van der Waals surface area contributed by atoms with Crippen molar-refractivity contribution in [1.82, 2.24) is 4.90 Å². The highest BCUT2D eigenvalue weighted by atomic mass is 16.6. The van der Waals surface area contributed by atoms with E-state index in [4.69, 9.17) is 14.2 Å². The van der Waals surface area contributed by atoms with Crippen LogP contribution in [0.15, 0.2) is 24.3 Å². The van der Waals surface area contributed by atoms with Crippen molar-refractivity contribution >= 4 is 17.8 Å². The molecule has 0 aromatic heterocycles. The van der Waals surface area contributed by atoms with Crippen molar-refractivity contribution in [3.8, 4) is 5.75 Å². The molecule has 0 spiro atoms. The van der Waals surface area contributed by atoms with Crippen LogP contribution in [-0.2, 0) is 30.4 Å². The molecule has 130 valence electrons. The Hall–Kier alpha value is -2.61. The predicted molar refractivity (Wildman–Crippen MR) is 81.3 cm³/mol. The summed E-state index contributed by atoms with van der Waals surface area (Å²) in [6, 6.07) is 7.18. The highest BCUT2D eigenvalue weighted by Gasteiger charge is 2.42. The van der Waals surface area contributed by atoms with E-state index in [0.29, 0.717) is 18.8 Å². The second-order valence-electron chi connectivity index (χ2n) is 5.27. The first kappa shape index (κ1) is 17.7. The number of ether oxygens (including phenoxy) is 3. The molecule has 0 radical (unpaired) electrons. The molecule has 1 aromatic rings. The highest BCUT2D eigenvalue weighted by molar-refractivity contribution is 5.89. The van der Waals surface area contributed by atoms with Crippen LogP contribution in [0.3, 0.4) is 0 Å². The summed E-state index contributed by atoms with van der Waals surface area (Å²) in [7, 11) is 1.56. The molecule has 2 atom stereocenters. The van der Waals surface area contributed by atoms with Gasteiger partial charge >= 0.3 is 11.9 Å². The molecule has 1 aliphatic rings. The fourth-order valence-electron chi connectivity index (χ4n) is 2.40. The summed E-state index contributed by atoms with van der Waals surface area (Å²) in [5, 5.41) is 9.18. The molecule has 1 N–H and O–H groups in total. The van der Waals surface area contributed by atoms with Gasteiger partial charge in [0.25, 0.3) is 5.91 Å². The molecule has 0 unspecified atom stereocenters. The van der Waals surface area contributed by atoms with Crippen LogP contribution in [0.2, 0.25) is 0 Å². The van der Waals surface area contributed by atoms with Gasteiger partial charge in [0.05, 0.1) is 13.7 Å². The van der Waals surface area contributed by atoms with Crippen molar-refractivity contribution in [2.24, 2.45) is 0 Å². The van der Waals surface area contributed by atoms with Crippen LogP contribution in [0.1, 0.15) is 12.5 Å². The lowest BCUT2D eigenvalue weighted by molar-refractivity contribution is -0.185. The van der Waals surface area contributed by atoms with Gasteiger partial charge in [-0.3, -0.25) is 9.59 Å². The lowest BCUT2D eigenvalue weighted by Crippen LogP contribution is -2.55. The van der Waals surface area contributed by atoms with Crippen molar-refractivity contribution in [3.63, 3.8) is 0 Å². The lowest BCUT2D eigenvalue weighted by atomic mass is 10.1. The summed E-state index contributed by atoms with van der Waals surface area (Å²) in [5.74, 6) is -2.03. The standard InChI is InChI=1S/C16H19NO7/c1-10(18)24-14(16(20)21)13-15(19)17(7-8-23-13)9-11-3-5-12(22-2)6-4-11/h3-6,13-14H,7-9H2,1-2H3,(H,20,21)/t13-,14-/m1/s1. The molecule has 1 aliphatic heterocycles. The minimum atomic E-state index is -1.66.